The minimum Gasteiger partial charge on any atom is -0.309 e. The number of nitrogens with zero attached hydrogens (tertiary/aromatic N) is 5. The molecule has 11 aromatic carbocycles. The molecule has 75 heavy (non-hydrogen) atoms. The minimum absolute atomic E-state index is 0.732. The summed E-state index contributed by atoms with van der Waals surface area (Å²) in [4.78, 5) is 10.2. The standard InChI is InChI=1S/C70H45N5/c1-3-15-44(16-4-1)62-43-63(72-70(71-62)45-17-5-2-6-18-45)48-28-27-46-35-51-39-52-40-53(30-29-47(52)36-50(51)38-49(46)37-48)73-68-33-31-54(74-64-23-11-7-19-56(64)57-20-8-12-24-65(57)74)41-60(68)61-42-55(32-34-69(61)73)75-66-25-13-9-21-58(66)59-22-10-14-26-67(59)75/h1-34,36-37,39-43H,35,38H2. The quantitative estimate of drug-likeness (QED) is 0.167. The normalized spacial score (nSPS) is 12.4. The van der Waals surface area contributed by atoms with E-state index in [-0.39, 0.29) is 0 Å². The molecule has 4 heterocycles. The van der Waals surface area contributed by atoms with Crippen molar-refractivity contribution >= 4 is 76.2 Å². The van der Waals surface area contributed by atoms with Gasteiger partial charge >= 0.3 is 0 Å². The number of benzene rings is 11. The van der Waals surface area contributed by atoms with E-state index in [0.717, 1.165) is 63.8 Å². The second-order valence-corrected chi connectivity index (χ2v) is 20.2. The molecule has 16 rings (SSSR count). The summed E-state index contributed by atoms with van der Waals surface area (Å²) in [5.41, 5.74) is 21.1. The van der Waals surface area contributed by atoms with Gasteiger partial charge in [0.2, 0.25) is 0 Å². The molecule has 0 unspecified atom stereocenters. The largest absolute Gasteiger partial charge is 0.309 e. The van der Waals surface area contributed by atoms with E-state index in [0.29, 0.717) is 0 Å². The van der Waals surface area contributed by atoms with E-state index in [1.54, 1.807) is 0 Å². The van der Waals surface area contributed by atoms with Gasteiger partial charge in [-0.15, -0.1) is 0 Å². The van der Waals surface area contributed by atoms with Gasteiger partial charge in [0.1, 0.15) is 0 Å². The van der Waals surface area contributed by atoms with Crippen molar-refractivity contribution in [3.8, 4) is 51.0 Å². The first-order valence-corrected chi connectivity index (χ1v) is 25.9. The third-order valence-electron chi connectivity index (χ3n) is 15.9. The Morgan fingerprint density at radius 2 is 0.667 bits per heavy atom. The van der Waals surface area contributed by atoms with Crippen molar-refractivity contribution < 1.29 is 0 Å². The summed E-state index contributed by atoms with van der Waals surface area (Å²) in [5.74, 6) is 0.732. The predicted molar refractivity (Wildman–Crippen MR) is 311 cm³/mol. The van der Waals surface area contributed by atoms with Gasteiger partial charge in [-0.05, 0) is 131 Å². The molecule has 1 aliphatic rings. The molecule has 0 aliphatic heterocycles. The first-order valence-electron chi connectivity index (χ1n) is 25.9. The van der Waals surface area contributed by atoms with Crippen LogP contribution in [0.1, 0.15) is 22.3 Å². The van der Waals surface area contributed by atoms with Crippen LogP contribution < -0.4 is 0 Å². The molecular weight excluding hydrogens is 911 g/mol. The van der Waals surface area contributed by atoms with Crippen LogP contribution in [0.3, 0.4) is 0 Å². The average Bonchev–Trinajstić information content (AvgIpc) is 4.18. The number of para-hydroxylation sites is 4. The molecule has 0 radical (unpaired) electrons. The molecule has 15 aromatic rings. The zero-order valence-corrected chi connectivity index (χ0v) is 40.8. The Kier molecular flexibility index (Phi) is 9.09. The number of aromatic nitrogens is 5. The zero-order valence-electron chi connectivity index (χ0n) is 40.8. The van der Waals surface area contributed by atoms with Crippen molar-refractivity contribution in [1.82, 2.24) is 23.7 Å². The highest BCUT2D eigenvalue weighted by Crippen LogP contribution is 2.41. The molecule has 0 atom stereocenters. The Morgan fingerprint density at radius 3 is 1.21 bits per heavy atom. The molecule has 5 nitrogen and oxygen atoms in total. The summed E-state index contributed by atoms with van der Waals surface area (Å²) in [6.07, 6.45) is 1.75. The van der Waals surface area contributed by atoms with Gasteiger partial charge in [0.05, 0.1) is 44.5 Å². The molecule has 0 spiro atoms. The Balaban J connectivity index is 0.821. The van der Waals surface area contributed by atoms with Gasteiger partial charge in [-0.1, -0.05) is 164 Å². The molecule has 0 bridgehead atoms. The summed E-state index contributed by atoms with van der Waals surface area (Å²) < 4.78 is 7.34. The Morgan fingerprint density at radius 1 is 0.253 bits per heavy atom. The maximum atomic E-state index is 5.16. The van der Waals surface area contributed by atoms with Crippen LogP contribution in [-0.2, 0) is 12.8 Å². The van der Waals surface area contributed by atoms with Crippen molar-refractivity contribution in [2.45, 2.75) is 12.8 Å². The number of fused-ring (bicyclic) bond motifs is 12. The van der Waals surface area contributed by atoms with Crippen LogP contribution in [0, 0.1) is 0 Å². The Labute approximate surface area is 432 Å². The topological polar surface area (TPSA) is 40.6 Å². The number of hydrogen-bond donors (Lipinski definition) is 0. The molecule has 5 heteroatoms. The van der Waals surface area contributed by atoms with Gasteiger partial charge in [0.15, 0.2) is 5.82 Å². The van der Waals surface area contributed by atoms with Gasteiger partial charge < -0.3 is 13.7 Å². The summed E-state index contributed by atoms with van der Waals surface area (Å²) in [6.45, 7) is 0. The highest BCUT2D eigenvalue weighted by atomic mass is 15.0. The van der Waals surface area contributed by atoms with Crippen molar-refractivity contribution in [2.24, 2.45) is 0 Å². The smallest absolute Gasteiger partial charge is 0.160 e. The molecule has 0 saturated carbocycles. The van der Waals surface area contributed by atoms with Gasteiger partial charge in [0, 0.05) is 66.1 Å². The molecule has 4 aromatic heterocycles. The molecule has 0 amide bonds. The lowest BCUT2D eigenvalue weighted by atomic mass is 9.83. The van der Waals surface area contributed by atoms with Gasteiger partial charge in [0.25, 0.3) is 0 Å². The van der Waals surface area contributed by atoms with Crippen LogP contribution >= 0.6 is 0 Å². The third-order valence-corrected chi connectivity index (χ3v) is 15.9. The van der Waals surface area contributed by atoms with Gasteiger partial charge in [-0.3, -0.25) is 0 Å². The lowest BCUT2D eigenvalue weighted by molar-refractivity contribution is 1.01. The minimum atomic E-state index is 0.732. The maximum absolute atomic E-state index is 5.16. The molecule has 1 aliphatic carbocycles. The third kappa shape index (κ3) is 6.58. The van der Waals surface area contributed by atoms with Crippen LogP contribution in [0.2, 0.25) is 0 Å². The fourth-order valence-electron chi connectivity index (χ4n) is 12.4. The highest BCUT2D eigenvalue weighted by molar-refractivity contribution is 6.14. The first kappa shape index (κ1) is 41.7. The predicted octanol–water partition coefficient (Wildman–Crippen LogP) is 17.4. The van der Waals surface area contributed by atoms with Crippen LogP contribution in [0.5, 0.6) is 0 Å². The number of hydrogen-bond acceptors (Lipinski definition) is 2. The number of rotatable bonds is 6. The van der Waals surface area contributed by atoms with E-state index >= 15 is 0 Å². The van der Waals surface area contributed by atoms with Crippen molar-refractivity contribution in [1.29, 1.82) is 0 Å². The van der Waals surface area contributed by atoms with Gasteiger partial charge in [-0.2, -0.15) is 0 Å². The van der Waals surface area contributed by atoms with Crippen LogP contribution in [-0.4, -0.2) is 23.7 Å². The van der Waals surface area contributed by atoms with E-state index in [2.05, 4.69) is 238 Å². The van der Waals surface area contributed by atoms with Crippen LogP contribution in [0.25, 0.3) is 127 Å². The summed E-state index contributed by atoms with van der Waals surface area (Å²) in [7, 11) is 0. The molecule has 350 valence electrons. The van der Waals surface area contributed by atoms with Crippen molar-refractivity contribution in [3.05, 3.63) is 271 Å². The first-order chi connectivity index (χ1) is 37.1. The van der Waals surface area contributed by atoms with E-state index in [1.165, 1.54) is 98.4 Å². The molecule has 0 fully saturated rings. The van der Waals surface area contributed by atoms with Crippen LogP contribution in [0.4, 0.5) is 0 Å². The monoisotopic (exact) mass is 955 g/mol. The maximum Gasteiger partial charge on any atom is 0.160 e. The lowest BCUT2D eigenvalue weighted by Gasteiger charge is -2.22. The highest BCUT2D eigenvalue weighted by Gasteiger charge is 2.22. The summed E-state index contributed by atoms with van der Waals surface area (Å²) in [6, 6.07) is 90.9. The Hall–Kier alpha value is -9.84. The zero-order chi connectivity index (χ0) is 49.1. The SMILES string of the molecule is c1ccc(-c2cc(-c3ccc4c(c3)Cc3cc5ccc(-n6c7ccc(-n8c9ccccc9c9ccccc98)cc7c7cc(-n8c9ccccc9c9ccccc98)ccc76)cc5cc3C4)nc(-c3ccccc3)n2)cc1. The second-order valence-electron chi connectivity index (χ2n) is 20.2. The van der Waals surface area contributed by atoms with E-state index in [1.807, 2.05) is 24.3 Å². The van der Waals surface area contributed by atoms with Crippen molar-refractivity contribution in [2.75, 3.05) is 0 Å². The van der Waals surface area contributed by atoms with E-state index in [4.69, 9.17) is 9.97 Å². The van der Waals surface area contributed by atoms with E-state index < -0.39 is 0 Å². The van der Waals surface area contributed by atoms with Gasteiger partial charge in [-0.25, -0.2) is 9.97 Å². The Bertz CT molecular complexity index is 4490. The van der Waals surface area contributed by atoms with Crippen molar-refractivity contribution in [3.63, 3.8) is 0 Å². The summed E-state index contributed by atoms with van der Waals surface area (Å²) >= 11 is 0. The fraction of sp³-hybridized carbons (Fsp3) is 0.0286. The average molecular weight is 956 g/mol. The second kappa shape index (κ2) is 16.3. The summed E-state index contributed by atoms with van der Waals surface area (Å²) in [5, 5.41) is 9.94. The molecule has 0 N–H and O–H groups in total. The van der Waals surface area contributed by atoms with Crippen LogP contribution in [0.15, 0.2) is 249 Å². The molecular formula is C70H45N5. The molecule has 0 saturated heterocycles. The fourth-order valence-corrected chi connectivity index (χ4v) is 12.4. The van der Waals surface area contributed by atoms with E-state index in [9.17, 15) is 0 Å². The lowest BCUT2D eigenvalue weighted by Crippen LogP contribution is -2.08.